The molecule has 0 radical (unpaired) electrons. The van der Waals surface area contributed by atoms with Gasteiger partial charge in [0.1, 0.15) is 11.5 Å². The minimum absolute atomic E-state index is 0.0357. The zero-order chi connectivity index (χ0) is 15.3. The maximum atomic E-state index is 13.5. The van der Waals surface area contributed by atoms with Crippen LogP contribution in [0.4, 0.5) is 15.8 Å². The number of rotatable bonds is 7. The maximum Gasteiger partial charge on any atom is 0.338 e. The van der Waals surface area contributed by atoms with Crippen LogP contribution in [-0.2, 0) is 4.74 Å². The minimum atomic E-state index is -1.48. The minimum Gasteiger partial charge on any atom is -0.478 e. The Labute approximate surface area is 114 Å². The first-order chi connectivity index (χ1) is 9.38. The number of likely N-dealkylation sites (N-methyl/N-ethyl adjacent to an activating group) is 1. The van der Waals surface area contributed by atoms with Crippen LogP contribution in [0.1, 0.15) is 17.3 Å². The summed E-state index contributed by atoms with van der Waals surface area (Å²) in [6, 6.07) is 1.58. The second kappa shape index (κ2) is 6.80. The lowest BCUT2D eigenvalue weighted by Gasteiger charge is -2.19. The van der Waals surface area contributed by atoms with Crippen molar-refractivity contribution in [3.8, 4) is 0 Å². The van der Waals surface area contributed by atoms with Crippen LogP contribution in [-0.4, -0.2) is 42.8 Å². The van der Waals surface area contributed by atoms with Gasteiger partial charge in [0.05, 0.1) is 23.2 Å². The SMILES string of the molecule is CCOCCN(C)c1cc(C(=O)O)c(F)cc1[N+](=O)[O-]. The molecule has 7 nitrogen and oxygen atoms in total. The molecule has 1 aromatic rings. The molecule has 0 unspecified atom stereocenters. The molecule has 0 heterocycles. The van der Waals surface area contributed by atoms with Crippen molar-refractivity contribution in [3.63, 3.8) is 0 Å². The average molecular weight is 286 g/mol. The third-order valence-corrected chi connectivity index (χ3v) is 2.68. The van der Waals surface area contributed by atoms with E-state index in [2.05, 4.69) is 0 Å². The number of nitro groups is 1. The van der Waals surface area contributed by atoms with E-state index < -0.39 is 28.0 Å². The van der Waals surface area contributed by atoms with E-state index in [1.165, 1.54) is 4.90 Å². The lowest BCUT2D eigenvalue weighted by atomic mass is 10.1. The van der Waals surface area contributed by atoms with Gasteiger partial charge in [-0.2, -0.15) is 0 Å². The Morgan fingerprint density at radius 3 is 2.70 bits per heavy atom. The summed E-state index contributed by atoms with van der Waals surface area (Å²) in [6.07, 6.45) is 0. The van der Waals surface area contributed by atoms with Crippen LogP contribution in [0, 0.1) is 15.9 Å². The van der Waals surface area contributed by atoms with Crippen molar-refractivity contribution in [1.82, 2.24) is 0 Å². The van der Waals surface area contributed by atoms with Crippen molar-refractivity contribution in [2.24, 2.45) is 0 Å². The summed E-state index contributed by atoms with van der Waals surface area (Å²) in [5.41, 5.74) is -1.05. The van der Waals surface area contributed by atoms with Crippen molar-refractivity contribution >= 4 is 17.3 Å². The highest BCUT2D eigenvalue weighted by atomic mass is 19.1. The van der Waals surface area contributed by atoms with Crippen molar-refractivity contribution in [1.29, 1.82) is 0 Å². The van der Waals surface area contributed by atoms with Crippen molar-refractivity contribution in [3.05, 3.63) is 33.6 Å². The number of carbonyl (C=O) groups is 1. The summed E-state index contributed by atoms with van der Waals surface area (Å²) in [6.45, 7) is 2.95. The van der Waals surface area contributed by atoms with Gasteiger partial charge in [0, 0.05) is 20.2 Å². The van der Waals surface area contributed by atoms with Gasteiger partial charge in [-0.05, 0) is 13.0 Å². The smallest absolute Gasteiger partial charge is 0.338 e. The molecule has 1 rings (SSSR count). The lowest BCUT2D eigenvalue weighted by molar-refractivity contribution is -0.384. The third kappa shape index (κ3) is 3.64. The fourth-order valence-corrected chi connectivity index (χ4v) is 1.63. The fraction of sp³-hybridized carbons (Fsp3) is 0.417. The Balaban J connectivity index is 3.16. The average Bonchev–Trinajstić information content (AvgIpc) is 2.37. The first-order valence-electron chi connectivity index (χ1n) is 5.88. The normalized spacial score (nSPS) is 10.3. The van der Waals surface area contributed by atoms with Gasteiger partial charge in [-0.3, -0.25) is 10.1 Å². The number of nitrogens with zero attached hydrogens (tertiary/aromatic N) is 2. The predicted molar refractivity (Wildman–Crippen MR) is 69.8 cm³/mol. The van der Waals surface area contributed by atoms with E-state index in [0.29, 0.717) is 25.8 Å². The Kier molecular flexibility index (Phi) is 5.39. The van der Waals surface area contributed by atoms with Gasteiger partial charge in [-0.1, -0.05) is 0 Å². The van der Waals surface area contributed by atoms with Crippen molar-refractivity contribution in [2.45, 2.75) is 6.92 Å². The van der Waals surface area contributed by atoms with Crippen molar-refractivity contribution < 1.29 is 24.0 Å². The molecule has 0 fully saturated rings. The van der Waals surface area contributed by atoms with E-state index in [9.17, 15) is 19.3 Å². The first-order valence-corrected chi connectivity index (χ1v) is 5.88. The van der Waals surface area contributed by atoms with E-state index in [-0.39, 0.29) is 5.69 Å². The number of carboxylic acids is 1. The molecule has 0 amide bonds. The van der Waals surface area contributed by atoms with Gasteiger partial charge in [0.25, 0.3) is 5.69 Å². The molecule has 20 heavy (non-hydrogen) atoms. The van der Waals surface area contributed by atoms with E-state index >= 15 is 0 Å². The Hall–Kier alpha value is -2.22. The number of hydrogen-bond donors (Lipinski definition) is 1. The molecule has 1 N–H and O–H groups in total. The molecule has 0 spiro atoms. The van der Waals surface area contributed by atoms with E-state index in [1.54, 1.807) is 7.05 Å². The number of ether oxygens (including phenoxy) is 1. The molecule has 8 heteroatoms. The van der Waals surface area contributed by atoms with Crippen LogP contribution in [0.5, 0.6) is 0 Å². The first kappa shape index (κ1) is 15.8. The van der Waals surface area contributed by atoms with E-state index in [0.717, 1.165) is 6.07 Å². The van der Waals surface area contributed by atoms with Gasteiger partial charge in [0.15, 0.2) is 0 Å². The van der Waals surface area contributed by atoms with Crippen LogP contribution in [0.15, 0.2) is 12.1 Å². The topological polar surface area (TPSA) is 92.9 Å². The summed E-state index contributed by atoms with van der Waals surface area (Å²) in [7, 11) is 1.55. The summed E-state index contributed by atoms with van der Waals surface area (Å²) in [4.78, 5) is 22.5. The summed E-state index contributed by atoms with van der Waals surface area (Å²) in [5.74, 6) is -2.61. The largest absolute Gasteiger partial charge is 0.478 e. The second-order valence-electron chi connectivity index (χ2n) is 4.00. The van der Waals surface area contributed by atoms with Crippen molar-refractivity contribution in [2.75, 3.05) is 31.7 Å². The Bertz CT molecular complexity index is 521. The monoisotopic (exact) mass is 286 g/mol. The summed E-state index contributed by atoms with van der Waals surface area (Å²) in [5, 5.41) is 19.8. The number of halogens is 1. The molecular formula is C12H15FN2O5. The molecule has 0 saturated carbocycles. The van der Waals surface area contributed by atoms with Crippen LogP contribution < -0.4 is 4.90 Å². The Morgan fingerprint density at radius 1 is 1.55 bits per heavy atom. The highest BCUT2D eigenvalue weighted by Crippen LogP contribution is 2.30. The highest BCUT2D eigenvalue weighted by molar-refractivity contribution is 5.90. The van der Waals surface area contributed by atoms with Crippen LogP contribution in [0.3, 0.4) is 0 Å². The molecule has 0 aliphatic rings. The van der Waals surface area contributed by atoms with Crippen LogP contribution in [0.2, 0.25) is 0 Å². The van der Waals surface area contributed by atoms with Crippen LogP contribution >= 0.6 is 0 Å². The highest BCUT2D eigenvalue weighted by Gasteiger charge is 2.23. The molecule has 0 atom stereocenters. The molecule has 0 bridgehead atoms. The molecule has 0 aromatic heterocycles. The van der Waals surface area contributed by atoms with E-state index in [1.807, 2.05) is 6.92 Å². The summed E-state index contributed by atoms with van der Waals surface area (Å²) < 4.78 is 18.6. The number of carboxylic acid groups (broad SMARTS) is 1. The molecule has 0 aliphatic carbocycles. The fourth-order valence-electron chi connectivity index (χ4n) is 1.63. The lowest BCUT2D eigenvalue weighted by Crippen LogP contribution is -2.24. The number of benzene rings is 1. The van der Waals surface area contributed by atoms with Gasteiger partial charge >= 0.3 is 5.97 Å². The second-order valence-corrected chi connectivity index (χ2v) is 4.00. The van der Waals surface area contributed by atoms with Gasteiger partial charge in [-0.15, -0.1) is 0 Å². The molecule has 0 aliphatic heterocycles. The third-order valence-electron chi connectivity index (χ3n) is 2.68. The zero-order valence-electron chi connectivity index (χ0n) is 11.1. The number of nitro benzene ring substituents is 1. The van der Waals surface area contributed by atoms with Gasteiger partial charge in [0.2, 0.25) is 0 Å². The standard InChI is InChI=1S/C12H15FN2O5/c1-3-20-5-4-14(2)10-6-8(12(16)17)9(13)7-11(10)15(18)19/h6-7H,3-5H2,1-2H3,(H,16,17). The summed E-state index contributed by atoms with van der Waals surface area (Å²) >= 11 is 0. The number of aromatic carboxylic acids is 1. The maximum absolute atomic E-state index is 13.5. The van der Waals surface area contributed by atoms with E-state index in [4.69, 9.17) is 9.84 Å². The number of anilines is 1. The Morgan fingerprint density at radius 2 is 2.20 bits per heavy atom. The molecule has 0 saturated heterocycles. The molecule has 110 valence electrons. The molecular weight excluding hydrogens is 271 g/mol. The quantitative estimate of drug-likeness (QED) is 0.467. The molecule has 1 aromatic carbocycles. The van der Waals surface area contributed by atoms with Gasteiger partial charge in [-0.25, -0.2) is 9.18 Å². The van der Waals surface area contributed by atoms with Gasteiger partial charge < -0.3 is 14.7 Å². The zero-order valence-corrected chi connectivity index (χ0v) is 11.1. The number of hydrogen-bond acceptors (Lipinski definition) is 5. The van der Waals surface area contributed by atoms with Crippen LogP contribution in [0.25, 0.3) is 0 Å². The predicted octanol–water partition coefficient (Wildman–Crippen LogP) is 1.90.